The SMILES string of the molecule is CCCOc1cc(NC2CCSCC2)ccc1N. The lowest BCUT2D eigenvalue weighted by Crippen LogP contribution is -2.24. The number of nitrogens with two attached hydrogens (primary N) is 1. The number of thioether (sulfide) groups is 1. The van der Waals surface area contributed by atoms with E-state index in [1.54, 1.807) is 0 Å². The van der Waals surface area contributed by atoms with Crippen LogP contribution >= 0.6 is 11.8 Å². The van der Waals surface area contributed by atoms with Gasteiger partial charge in [0.25, 0.3) is 0 Å². The monoisotopic (exact) mass is 266 g/mol. The Bertz CT molecular complexity index is 378. The first-order valence-corrected chi connectivity index (χ1v) is 7.81. The van der Waals surface area contributed by atoms with Gasteiger partial charge in [0.15, 0.2) is 0 Å². The summed E-state index contributed by atoms with van der Waals surface area (Å²) in [5, 5.41) is 3.58. The molecule has 0 amide bonds. The topological polar surface area (TPSA) is 47.3 Å². The summed E-state index contributed by atoms with van der Waals surface area (Å²) in [6, 6.07) is 6.57. The summed E-state index contributed by atoms with van der Waals surface area (Å²) in [7, 11) is 0. The Morgan fingerprint density at radius 2 is 2.17 bits per heavy atom. The van der Waals surface area contributed by atoms with Crippen LogP contribution in [0.2, 0.25) is 0 Å². The second-order valence-electron chi connectivity index (χ2n) is 4.63. The molecule has 1 aromatic rings. The Balaban J connectivity index is 1.99. The molecule has 1 fully saturated rings. The molecule has 4 heteroatoms. The summed E-state index contributed by atoms with van der Waals surface area (Å²) in [6.45, 7) is 2.81. The first-order valence-electron chi connectivity index (χ1n) is 6.66. The van der Waals surface area contributed by atoms with Crippen LogP contribution in [0.15, 0.2) is 18.2 Å². The highest BCUT2D eigenvalue weighted by Crippen LogP contribution is 2.28. The maximum absolute atomic E-state index is 5.91. The molecule has 0 saturated carbocycles. The molecule has 3 nitrogen and oxygen atoms in total. The molecular weight excluding hydrogens is 244 g/mol. The van der Waals surface area contributed by atoms with Crippen LogP contribution in [0.3, 0.4) is 0 Å². The van der Waals surface area contributed by atoms with Crippen molar-refractivity contribution in [1.82, 2.24) is 0 Å². The third-order valence-electron chi connectivity index (χ3n) is 3.07. The minimum absolute atomic E-state index is 0.592. The van der Waals surface area contributed by atoms with Gasteiger partial charge in [-0.1, -0.05) is 6.92 Å². The van der Waals surface area contributed by atoms with Crippen molar-refractivity contribution in [3.8, 4) is 5.75 Å². The normalized spacial score (nSPS) is 16.5. The fourth-order valence-electron chi connectivity index (χ4n) is 2.04. The molecule has 1 aliphatic rings. The zero-order valence-corrected chi connectivity index (χ0v) is 11.8. The third-order valence-corrected chi connectivity index (χ3v) is 4.12. The van der Waals surface area contributed by atoms with Crippen LogP contribution in [0.1, 0.15) is 26.2 Å². The van der Waals surface area contributed by atoms with Crippen molar-refractivity contribution in [2.75, 3.05) is 29.2 Å². The summed E-state index contributed by atoms with van der Waals surface area (Å²) >= 11 is 2.04. The number of nitrogens with one attached hydrogen (secondary N) is 1. The predicted molar refractivity (Wildman–Crippen MR) is 80.6 cm³/mol. The average Bonchev–Trinajstić information content (AvgIpc) is 2.40. The lowest BCUT2D eigenvalue weighted by atomic mass is 10.1. The fraction of sp³-hybridized carbons (Fsp3) is 0.571. The molecule has 0 aliphatic carbocycles. The van der Waals surface area contributed by atoms with Crippen LogP contribution in [0.5, 0.6) is 5.75 Å². The summed E-state index contributed by atoms with van der Waals surface area (Å²) < 4.78 is 5.65. The molecule has 1 aromatic carbocycles. The number of hydrogen-bond donors (Lipinski definition) is 2. The molecule has 0 aromatic heterocycles. The van der Waals surface area contributed by atoms with E-state index in [0.29, 0.717) is 18.3 Å². The van der Waals surface area contributed by atoms with Gasteiger partial charge in [-0.05, 0) is 42.9 Å². The molecule has 0 unspecified atom stereocenters. The van der Waals surface area contributed by atoms with Crippen LogP contribution in [-0.4, -0.2) is 24.2 Å². The van der Waals surface area contributed by atoms with Gasteiger partial charge in [-0.2, -0.15) is 11.8 Å². The molecule has 1 heterocycles. The Morgan fingerprint density at radius 1 is 1.39 bits per heavy atom. The van der Waals surface area contributed by atoms with E-state index in [2.05, 4.69) is 12.2 Å². The van der Waals surface area contributed by atoms with Gasteiger partial charge in [0.1, 0.15) is 5.75 Å². The van der Waals surface area contributed by atoms with Crippen molar-refractivity contribution < 1.29 is 4.74 Å². The first kappa shape index (κ1) is 13.4. The Hall–Kier alpha value is -1.03. The molecule has 100 valence electrons. The second kappa shape index (κ2) is 6.78. The third kappa shape index (κ3) is 3.73. The maximum atomic E-state index is 5.91. The first-order chi connectivity index (χ1) is 8.79. The van der Waals surface area contributed by atoms with Crippen LogP contribution in [-0.2, 0) is 0 Å². The summed E-state index contributed by atoms with van der Waals surface area (Å²) in [5.41, 5.74) is 7.74. The van der Waals surface area contributed by atoms with Crippen molar-refractivity contribution in [2.45, 2.75) is 32.2 Å². The quantitative estimate of drug-likeness (QED) is 0.802. The number of anilines is 2. The van der Waals surface area contributed by atoms with E-state index >= 15 is 0 Å². The average molecular weight is 266 g/mol. The lowest BCUT2D eigenvalue weighted by molar-refractivity contribution is 0.319. The fourth-order valence-corrected chi connectivity index (χ4v) is 3.15. The van der Waals surface area contributed by atoms with Gasteiger partial charge < -0.3 is 15.8 Å². The summed E-state index contributed by atoms with van der Waals surface area (Å²) in [4.78, 5) is 0. The van der Waals surface area contributed by atoms with E-state index in [9.17, 15) is 0 Å². The van der Waals surface area contributed by atoms with Gasteiger partial charge in [-0.15, -0.1) is 0 Å². The molecule has 1 saturated heterocycles. The van der Waals surface area contributed by atoms with Crippen molar-refractivity contribution in [2.24, 2.45) is 0 Å². The highest BCUT2D eigenvalue weighted by atomic mass is 32.2. The molecule has 1 aliphatic heterocycles. The zero-order chi connectivity index (χ0) is 12.8. The largest absolute Gasteiger partial charge is 0.491 e. The van der Waals surface area contributed by atoms with Gasteiger partial charge in [-0.3, -0.25) is 0 Å². The summed E-state index contributed by atoms with van der Waals surface area (Å²) in [6.07, 6.45) is 3.47. The van der Waals surface area contributed by atoms with E-state index in [1.807, 2.05) is 30.0 Å². The van der Waals surface area contributed by atoms with E-state index < -0.39 is 0 Å². The van der Waals surface area contributed by atoms with Gasteiger partial charge in [0.05, 0.1) is 12.3 Å². The van der Waals surface area contributed by atoms with Gasteiger partial charge in [0, 0.05) is 17.8 Å². The van der Waals surface area contributed by atoms with E-state index in [0.717, 1.165) is 17.9 Å². The molecule has 18 heavy (non-hydrogen) atoms. The highest BCUT2D eigenvalue weighted by Gasteiger charge is 2.13. The van der Waals surface area contributed by atoms with E-state index in [-0.39, 0.29) is 0 Å². The van der Waals surface area contributed by atoms with Crippen molar-refractivity contribution >= 4 is 23.1 Å². The number of hydrogen-bond acceptors (Lipinski definition) is 4. The smallest absolute Gasteiger partial charge is 0.144 e. The minimum Gasteiger partial charge on any atom is -0.491 e. The van der Waals surface area contributed by atoms with Gasteiger partial charge in [0.2, 0.25) is 0 Å². The Kier molecular flexibility index (Phi) is 5.05. The Labute approximate surface area is 113 Å². The molecule has 0 radical (unpaired) electrons. The number of nitrogen functional groups attached to an aromatic ring is 1. The van der Waals surface area contributed by atoms with Crippen molar-refractivity contribution in [1.29, 1.82) is 0 Å². The number of benzene rings is 1. The van der Waals surface area contributed by atoms with Crippen LogP contribution in [0.25, 0.3) is 0 Å². The van der Waals surface area contributed by atoms with Crippen molar-refractivity contribution in [3.63, 3.8) is 0 Å². The van der Waals surface area contributed by atoms with Crippen LogP contribution < -0.4 is 15.8 Å². The molecule has 0 bridgehead atoms. The Morgan fingerprint density at radius 3 is 2.89 bits per heavy atom. The zero-order valence-electron chi connectivity index (χ0n) is 10.9. The van der Waals surface area contributed by atoms with Crippen molar-refractivity contribution in [3.05, 3.63) is 18.2 Å². The molecular formula is C14H22N2OS. The van der Waals surface area contributed by atoms with Gasteiger partial charge >= 0.3 is 0 Å². The maximum Gasteiger partial charge on any atom is 0.144 e. The molecule has 0 spiro atoms. The molecule has 3 N–H and O–H groups in total. The predicted octanol–water partition coefficient (Wildman–Crippen LogP) is 3.37. The lowest BCUT2D eigenvalue weighted by Gasteiger charge is -2.24. The molecule has 0 atom stereocenters. The van der Waals surface area contributed by atoms with Gasteiger partial charge in [-0.25, -0.2) is 0 Å². The number of rotatable bonds is 5. The van der Waals surface area contributed by atoms with E-state index in [1.165, 1.54) is 24.3 Å². The van der Waals surface area contributed by atoms with Crippen LogP contribution in [0.4, 0.5) is 11.4 Å². The second-order valence-corrected chi connectivity index (χ2v) is 5.86. The molecule has 2 rings (SSSR count). The highest BCUT2D eigenvalue weighted by molar-refractivity contribution is 7.99. The standard InChI is InChI=1S/C14H22N2OS/c1-2-7-17-14-10-12(3-4-13(14)15)16-11-5-8-18-9-6-11/h3-4,10-11,16H,2,5-9,15H2,1H3. The van der Waals surface area contributed by atoms with Crippen LogP contribution in [0, 0.1) is 0 Å². The number of ether oxygens (including phenoxy) is 1. The van der Waals surface area contributed by atoms with E-state index in [4.69, 9.17) is 10.5 Å². The summed E-state index contributed by atoms with van der Waals surface area (Å²) in [5.74, 6) is 3.31. The minimum atomic E-state index is 0.592.